The molecule has 0 aliphatic carbocycles. The summed E-state index contributed by atoms with van der Waals surface area (Å²) in [4.78, 5) is 27.7. The maximum atomic E-state index is 9.52. The molecule has 5 heterocycles. The van der Waals surface area contributed by atoms with Crippen LogP contribution in [0.5, 0.6) is 28.7 Å². The summed E-state index contributed by atoms with van der Waals surface area (Å²) in [6, 6.07) is 27.8. The molecule has 0 saturated carbocycles. The van der Waals surface area contributed by atoms with E-state index in [1.807, 2.05) is 91.6 Å². The molecule has 10 N–H and O–H groups in total. The van der Waals surface area contributed by atoms with Crippen molar-refractivity contribution >= 4 is 54.5 Å². The lowest BCUT2D eigenvalue weighted by Crippen LogP contribution is -2.28. The average molecular weight is 1120 g/mol. The van der Waals surface area contributed by atoms with Crippen molar-refractivity contribution in [1.29, 1.82) is 0 Å². The van der Waals surface area contributed by atoms with E-state index >= 15 is 0 Å². The molecule has 0 saturated heterocycles. The van der Waals surface area contributed by atoms with Crippen LogP contribution in [0.15, 0.2) is 122 Å². The van der Waals surface area contributed by atoms with Crippen LogP contribution in [0.2, 0.25) is 0 Å². The first-order valence-corrected chi connectivity index (χ1v) is 29.3. The van der Waals surface area contributed by atoms with Crippen molar-refractivity contribution in [2.75, 3.05) is 94.1 Å². The van der Waals surface area contributed by atoms with Gasteiger partial charge in [0, 0.05) is 124 Å². The van der Waals surface area contributed by atoms with Gasteiger partial charge >= 0.3 is 0 Å². The maximum absolute atomic E-state index is 9.52. The SMILES string of the molecule is CC(C)N(C)CCc1c[nH]c2ccc(O)cc12.CCCN(C)CCc1c[nH]c2ccc(O)cc12.CCN(C)CCc1c[nH]c2ccc(O)cc12.CCN(CC)CCc1c[nH]c2ccc(O)cc12.CN(C)CCc1c[nH]c2ccc(O)cc12. The lowest BCUT2D eigenvalue weighted by molar-refractivity contribution is 0.278. The van der Waals surface area contributed by atoms with E-state index in [1.165, 1.54) is 34.2 Å². The molecule has 10 aromatic rings. The molecule has 0 unspecified atom stereocenters. The summed E-state index contributed by atoms with van der Waals surface area (Å²) in [6.45, 7) is 22.7. The Morgan fingerprint density at radius 1 is 0.354 bits per heavy atom. The largest absolute Gasteiger partial charge is 0.508 e. The van der Waals surface area contributed by atoms with Crippen LogP contribution in [0.1, 0.15) is 75.8 Å². The molecule has 442 valence electrons. The topological polar surface area (TPSA) is 196 Å². The second-order valence-corrected chi connectivity index (χ2v) is 22.1. The van der Waals surface area contributed by atoms with E-state index in [-0.39, 0.29) is 0 Å². The second kappa shape index (κ2) is 31.7. The molecule has 82 heavy (non-hydrogen) atoms. The molecular weight excluding hydrogens is 1020 g/mol. The Kier molecular flexibility index (Phi) is 24.7. The third-order valence-corrected chi connectivity index (χ3v) is 15.5. The number of nitrogens with one attached hydrogen (secondary N) is 5. The highest BCUT2D eigenvalue weighted by molar-refractivity contribution is 5.87. The standard InChI is InChI=1S/3C14H20N2O.C13H18N2O.C12H16N2O/c1-10(2)16(3)7-6-11-9-15-14-5-4-12(17)8-13(11)14;1-3-7-16(2)8-6-11-10-15-14-5-4-12(17)9-13(11)14;1-3-16(4-2)8-7-11-10-15-14-6-5-12(17)9-13(11)14;1-3-15(2)7-6-10-9-14-13-5-4-11(16)8-12(10)13;1-14(2)6-5-9-8-13-12-4-3-10(15)7-11(9)12/h4-5,8-10,15,17H,6-7H2,1-3H3;4-5,9-10,15,17H,3,6-8H2,1-2H3;5-6,9-10,15,17H,3-4,7-8H2,1-2H3;4-5,8-9,14,16H,3,6-7H2,1-2H3;3-4,7-8,13,15H,5-6H2,1-2H3. The van der Waals surface area contributed by atoms with Gasteiger partial charge in [0.25, 0.3) is 0 Å². The number of H-pyrrole nitrogens is 5. The minimum Gasteiger partial charge on any atom is -0.508 e. The predicted octanol–water partition coefficient (Wildman–Crippen LogP) is 12.6. The zero-order chi connectivity index (χ0) is 59.3. The Morgan fingerprint density at radius 3 is 0.927 bits per heavy atom. The summed E-state index contributed by atoms with van der Waals surface area (Å²) in [7, 11) is 10.5. The van der Waals surface area contributed by atoms with Gasteiger partial charge in [-0.15, -0.1) is 0 Å². The third-order valence-electron chi connectivity index (χ3n) is 15.5. The number of nitrogens with zero attached hydrogens (tertiary/aromatic N) is 5. The van der Waals surface area contributed by atoms with Crippen LogP contribution in [-0.4, -0.2) is 175 Å². The van der Waals surface area contributed by atoms with Crippen molar-refractivity contribution in [3.05, 3.63) is 150 Å². The molecule has 15 nitrogen and oxygen atoms in total. The highest BCUT2D eigenvalue weighted by Gasteiger charge is 2.11. The molecule has 10 rings (SSSR count). The van der Waals surface area contributed by atoms with Gasteiger partial charge in [0.1, 0.15) is 28.7 Å². The number of rotatable bonds is 21. The number of fused-ring (bicyclic) bond motifs is 5. The number of likely N-dealkylation sites (N-methyl/N-ethyl adjacent to an activating group) is 5. The molecule has 0 aliphatic rings. The number of aromatic amines is 5. The van der Waals surface area contributed by atoms with Gasteiger partial charge in [0.05, 0.1) is 0 Å². The fourth-order valence-corrected chi connectivity index (χ4v) is 9.86. The summed E-state index contributed by atoms with van der Waals surface area (Å²) < 4.78 is 0. The number of aromatic hydroxyl groups is 5. The molecule has 0 bridgehead atoms. The zero-order valence-electron chi connectivity index (χ0n) is 50.7. The first-order chi connectivity index (χ1) is 39.4. The van der Waals surface area contributed by atoms with Crippen molar-refractivity contribution in [3.63, 3.8) is 0 Å². The number of benzene rings is 5. The molecule has 0 spiro atoms. The summed E-state index contributed by atoms with van der Waals surface area (Å²) >= 11 is 0. The summed E-state index contributed by atoms with van der Waals surface area (Å²) in [6.07, 6.45) is 16.4. The molecule has 0 aliphatic heterocycles. The average Bonchev–Trinajstić information content (AvgIpc) is 4.43. The first kappa shape index (κ1) is 63.8. The van der Waals surface area contributed by atoms with Crippen LogP contribution in [0.3, 0.4) is 0 Å². The van der Waals surface area contributed by atoms with Gasteiger partial charge < -0.3 is 75.0 Å². The minimum atomic E-state index is 0.327. The van der Waals surface area contributed by atoms with E-state index in [2.05, 4.69) is 126 Å². The number of phenols is 5. The number of phenolic OH excluding ortho intramolecular Hbond substituents is 5. The van der Waals surface area contributed by atoms with E-state index in [9.17, 15) is 25.5 Å². The van der Waals surface area contributed by atoms with Crippen LogP contribution in [0.4, 0.5) is 0 Å². The Balaban J connectivity index is 0.000000165. The van der Waals surface area contributed by atoms with Crippen LogP contribution in [-0.2, 0) is 32.1 Å². The molecule has 15 heteroatoms. The van der Waals surface area contributed by atoms with Crippen molar-refractivity contribution in [1.82, 2.24) is 49.4 Å². The van der Waals surface area contributed by atoms with Crippen molar-refractivity contribution in [3.8, 4) is 28.7 Å². The number of hydrogen-bond donors (Lipinski definition) is 10. The maximum Gasteiger partial charge on any atom is 0.116 e. The molecular formula is C67H94N10O5. The van der Waals surface area contributed by atoms with E-state index < -0.39 is 0 Å². The Bertz CT molecular complexity index is 3390. The van der Waals surface area contributed by atoms with Gasteiger partial charge in [-0.2, -0.15) is 0 Å². The fraction of sp³-hybridized carbons (Fsp3) is 0.403. The monoisotopic (exact) mass is 1120 g/mol. The zero-order valence-corrected chi connectivity index (χ0v) is 50.7. The van der Waals surface area contributed by atoms with Crippen LogP contribution in [0, 0.1) is 0 Å². The van der Waals surface area contributed by atoms with Crippen molar-refractivity contribution < 1.29 is 25.5 Å². The van der Waals surface area contributed by atoms with Gasteiger partial charge in [-0.1, -0.05) is 27.7 Å². The Morgan fingerprint density at radius 2 is 0.646 bits per heavy atom. The minimum absolute atomic E-state index is 0.327. The van der Waals surface area contributed by atoms with Gasteiger partial charge in [-0.05, 0) is 233 Å². The van der Waals surface area contributed by atoms with Gasteiger partial charge in [0.2, 0.25) is 0 Å². The van der Waals surface area contributed by atoms with Crippen LogP contribution < -0.4 is 0 Å². The molecule has 5 aromatic heterocycles. The lowest BCUT2D eigenvalue weighted by Gasteiger charge is -2.20. The Labute approximate surface area is 486 Å². The molecule has 0 fully saturated rings. The highest BCUT2D eigenvalue weighted by atomic mass is 16.3. The summed E-state index contributed by atoms with van der Waals surface area (Å²) in [5.74, 6) is 1.66. The smallest absolute Gasteiger partial charge is 0.116 e. The van der Waals surface area contributed by atoms with Crippen molar-refractivity contribution in [2.45, 2.75) is 86.1 Å². The second-order valence-electron chi connectivity index (χ2n) is 22.1. The van der Waals surface area contributed by atoms with Gasteiger partial charge in [-0.3, -0.25) is 0 Å². The molecule has 0 radical (unpaired) electrons. The normalized spacial score (nSPS) is 11.5. The number of hydrogen-bond acceptors (Lipinski definition) is 10. The van der Waals surface area contributed by atoms with Crippen LogP contribution >= 0.6 is 0 Å². The highest BCUT2D eigenvalue weighted by Crippen LogP contribution is 2.28. The van der Waals surface area contributed by atoms with Crippen molar-refractivity contribution in [2.24, 2.45) is 0 Å². The van der Waals surface area contributed by atoms with E-state index in [4.69, 9.17) is 0 Å². The predicted molar refractivity (Wildman–Crippen MR) is 343 cm³/mol. The van der Waals surface area contributed by atoms with Crippen LogP contribution in [0.25, 0.3) is 54.5 Å². The molecule has 0 atom stereocenters. The van der Waals surface area contributed by atoms with E-state index in [1.54, 1.807) is 30.3 Å². The molecule has 5 aromatic carbocycles. The summed E-state index contributed by atoms with van der Waals surface area (Å²) in [5, 5.41) is 53.1. The number of aromatic nitrogens is 5. The van der Waals surface area contributed by atoms with Gasteiger partial charge in [0.15, 0.2) is 0 Å². The lowest BCUT2D eigenvalue weighted by atomic mass is 10.1. The van der Waals surface area contributed by atoms with E-state index in [0.29, 0.717) is 34.8 Å². The fourth-order valence-electron chi connectivity index (χ4n) is 9.86. The van der Waals surface area contributed by atoms with E-state index in [0.717, 1.165) is 146 Å². The first-order valence-electron chi connectivity index (χ1n) is 29.3. The Hall–Kier alpha value is -7.40. The third kappa shape index (κ3) is 18.8. The quantitative estimate of drug-likeness (QED) is 0.0331. The molecule has 0 amide bonds. The van der Waals surface area contributed by atoms with Gasteiger partial charge in [-0.25, -0.2) is 0 Å². The summed E-state index contributed by atoms with van der Waals surface area (Å²) in [5.41, 5.74) is 11.8.